The molecule has 0 aliphatic heterocycles. The maximum absolute atomic E-state index is 12.9. The minimum atomic E-state index is -0.334. The van der Waals surface area contributed by atoms with Gasteiger partial charge in [-0.25, -0.2) is 0 Å². The van der Waals surface area contributed by atoms with Gasteiger partial charge in [-0.2, -0.15) is 0 Å². The monoisotopic (exact) mass is 308 g/mol. The van der Waals surface area contributed by atoms with Crippen LogP contribution in [0.4, 0.5) is 0 Å². The molecule has 3 aromatic carbocycles. The highest BCUT2D eigenvalue weighted by Crippen LogP contribution is 2.30. The highest BCUT2D eigenvalue weighted by Gasteiger charge is 2.12. The number of rotatable bonds is 3. The Morgan fingerprint density at radius 3 is 2.52 bits per heavy atom. The van der Waals surface area contributed by atoms with Crippen LogP contribution in [0.25, 0.3) is 21.5 Å². The molecule has 0 saturated carbocycles. The largest absolute Gasteiger partial charge is 0.496 e. The summed E-state index contributed by atoms with van der Waals surface area (Å²) in [6.07, 6.45) is 0.277. The first-order valence-electron chi connectivity index (χ1n) is 7.38. The Labute approximate surface area is 133 Å². The van der Waals surface area contributed by atoms with E-state index in [1.807, 2.05) is 30.3 Å². The highest BCUT2D eigenvalue weighted by atomic mass is 16.5. The first kappa shape index (κ1) is 15.0. The molecular weight excluding hydrogens is 292 g/mol. The number of carbonyl (C=O) groups excluding carboxylic acids is 1. The predicted octanol–water partition coefficient (Wildman–Crippen LogP) is 3.68. The van der Waals surface area contributed by atoms with E-state index in [4.69, 9.17) is 9.47 Å². The second-order valence-electron chi connectivity index (χ2n) is 5.17. The second-order valence-corrected chi connectivity index (χ2v) is 5.17. The lowest BCUT2D eigenvalue weighted by atomic mass is 10.1. The summed E-state index contributed by atoms with van der Waals surface area (Å²) in [6, 6.07) is 14.4. The molecule has 4 heteroatoms. The van der Waals surface area contributed by atoms with E-state index in [1.165, 1.54) is 7.11 Å². The lowest BCUT2D eigenvalue weighted by Gasteiger charge is -2.07. The molecule has 0 aliphatic carbocycles. The first-order valence-corrected chi connectivity index (χ1v) is 7.38. The molecule has 0 saturated heterocycles. The van der Waals surface area contributed by atoms with Crippen molar-refractivity contribution >= 4 is 27.5 Å². The van der Waals surface area contributed by atoms with Crippen LogP contribution in [-0.2, 0) is 4.79 Å². The molecule has 0 N–H and O–H groups in total. The molecule has 0 radical (unpaired) electrons. The lowest BCUT2D eigenvalue weighted by molar-refractivity contribution is -0.134. The highest BCUT2D eigenvalue weighted by molar-refractivity contribution is 5.97. The average molecular weight is 308 g/mol. The maximum atomic E-state index is 12.9. The van der Waals surface area contributed by atoms with Crippen molar-refractivity contribution < 1.29 is 14.3 Å². The van der Waals surface area contributed by atoms with Gasteiger partial charge in [-0.15, -0.1) is 0 Å². The van der Waals surface area contributed by atoms with E-state index in [0.29, 0.717) is 27.7 Å². The van der Waals surface area contributed by atoms with Gasteiger partial charge < -0.3 is 9.47 Å². The SMILES string of the molecule is CCC(=O)Oc1cc(OC)c2c(=O)c3ccccc3ccc2c1. The van der Waals surface area contributed by atoms with Gasteiger partial charge in [-0.3, -0.25) is 9.59 Å². The van der Waals surface area contributed by atoms with Crippen LogP contribution in [0.2, 0.25) is 0 Å². The molecule has 4 nitrogen and oxygen atoms in total. The van der Waals surface area contributed by atoms with Crippen LogP contribution in [-0.4, -0.2) is 13.1 Å². The van der Waals surface area contributed by atoms with Crippen molar-refractivity contribution in [3.63, 3.8) is 0 Å². The number of fused-ring (bicyclic) bond motifs is 2. The molecule has 0 aliphatic rings. The molecule has 3 rings (SSSR count). The topological polar surface area (TPSA) is 52.6 Å². The summed E-state index contributed by atoms with van der Waals surface area (Å²) in [7, 11) is 1.49. The van der Waals surface area contributed by atoms with Crippen molar-refractivity contribution in [2.45, 2.75) is 13.3 Å². The third kappa shape index (κ3) is 2.75. The summed E-state index contributed by atoms with van der Waals surface area (Å²) < 4.78 is 10.6. The Kier molecular flexibility index (Phi) is 3.98. The molecule has 0 aromatic heterocycles. The Bertz CT molecular complexity index is 960. The summed E-state index contributed by atoms with van der Waals surface area (Å²) in [4.78, 5) is 24.4. The standard InChI is InChI=1S/C19H16O4/c1-3-17(20)23-14-10-13-9-8-12-6-4-5-7-15(12)19(21)18(13)16(11-14)22-2/h4-11H,3H2,1-2H3. The molecule has 3 aromatic rings. The summed E-state index contributed by atoms with van der Waals surface area (Å²) >= 11 is 0. The second kappa shape index (κ2) is 6.08. The van der Waals surface area contributed by atoms with Gasteiger partial charge in [0.25, 0.3) is 0 Å². The zero-order valence-electron chi connectivity index (χ0n) is 13.0. The molecule has 0 spiro atoms. The van der Waals surface area contributed by atoms with Crippen molar-refractivity contribution in [3.05, 3.63) is 58.8 Å². The average Bonchev–Trinajstić information content (AvgIpc) is 2.72. The maximum Gasteiger partial charge on any atom is 0.310 e. The van der Waals surface area contributed by atoms with Crippen LogP contribution in [0, 0.1) is 0 Å². The molecule has 116 valence electrons. The summed E-state index contributed by atoms with van der Waals surface area (Å²) in [6.45, 7) is 1.73. The Balaban J connectivity index is 2.37. The van der Waals surface area contributed by atoms with E-state index in [9.17, 15) is 9.59 Å². The molecule has 0 bridgehead atoms. The number of methoxy groups -OCH3 is 1. The molecular formula is C19H16O4. The number of esters is 1. The van der Waals surface area contributed by atoms with E-state index in [0.717, 1.165) is 5.39 Å². The Hall–Kier alpha value is -2.88. The van der Waals surface area contributed by atoms with Crippen molar-refractivity contribution in [1.82, 2.24) is 0 Å². The van der Waals surface area contributed by atoms with E-state index in [2.05, 4.69) is 0 Å². The smallest absolute Gasteiger partial charge is 0.310 e. The summed E-state index contributed by atoms with van der Waals surface area (Å²) in [5, 5.41) is 2.62. The van der Waals surface area contributed by atoms with Crippen molar-refractivity contribution in [3.8, 4) is 11.5 Å². The number of ether oxygens (including phenoxy) is 2. The van der Waals surface area contributed by atoms with Gasteiger partial charge in [-0.05, 0) is 16.8 Å². The number of hydrogen-bond acceptors (Lipinski definition) is 4. The molecule has 23 heavy (non-hydrogen) atoms. The van der Waals surface area contributed by atoms with Crippen LogP contribution in [0.5, 0.6) is 11.5 Å². The molecule has 0 unspecified atom stereocenters. The lowest BCUT2D eigenvalue weighted by Crippen LogP contribution is -2.06. The van der Waals surface area contributed by atoms with Crippen LogP contribution < -0.4 is 14.9 Å². The fraction of sp³-hybridized carbons (Fsp3) is 0.158. The fourth-order valence-corrected chi connectivity index (χ4v) is 2.57. The van der Waals surface area contributed by atoms with E-state index < -0.39 is 0 Å². The fourth-order valence-electron chi connectivity index (χ4n) is 2.57. The van der Waals surface area contributed by atoms with Gasteiger partial charge in [0.2, 0.25) is 0 Å². The third-order valence-electron chi connectivity index (χ3n) is 3.72. The number of benzene rings is 2. The van der Waals surface area contributed by atoms with Crippen LogP contribution in [0.1, 0.15) is 13.3 Å². The Morgan fingerprint density at radius 1 is 1.04 bits per heavy atom. The van der Waals surface area contributed by atoms with Crippen LogP contribution in [0.15, 0.2) is 53.3 Å². The van der Waals surface area contributed by atoms with E-state index >= 15 is 0 Å². The third-order valence-corrected chi connectivity index (χ3v) is 3.72. The van der Waals surface area contributed by atoms with E-state index in [-0.39, 0.29) is 17.8 Å². The van der Waals surface area contributed by atoms with Gasteiger partial charge in [0.05, 0.1) is 12.5 Å². The van der Waals surface area contributed by atoms with Gasteiger partial charge >= 0.3 is 5.97 Å². The van der Waals surface area contributed by atoms with Crippen LogP contribution in [0.3, 0.4) is 0 Å². The number of hydrogen-bond donors (Lipinski definition) is 0. The van der Waals surface area contributed by atoms with Crippen molar-refractivity contribution in [2.75, 3.05) is 7.11 Å². The van der Waals surface area contributed by atoms with Gasteiger partial charge in [0.15, 0.2) is 5.43 Å². The van der Waals surface area contributed by atoms with Crippen molar-refractivity contribution in [2.24, 2.45) is 0 Å². The molecule has 0 fully saturated rings. The zero-order chi connectivity index (χ0) is 16.4. The summed E-state index contributed by atoms with van der Waals surface area (Å²) in [5.41, 5.74) is -0.106. The molecule has 0 heterocycles. The van der Waals surface area contributed by atoms with Crippen molar-refractivity contribution in [1.29, 1.82) is 0 Å². The van der Waals surface area contributed by atoms with Gasteiger partial charge in [0.1, 0.15) is 11.5 Å². The van der Waals surface area contributed by atoms with Crippen LogP contribution >= 0.6 is 0 Å². The normalized spacial score (nSPS) is 10.7. The minimum Gasteiger partial charge on any atom is -0.496 e. The van der Waals surface area contributed by atoms with E-state index in [1.54, 1.807) is 25.1 Å². The minimum absolute atomic E-state index is 0.106. The first-order chi connectivity index (χ1) is 11.1. The van der Waals surface area contributed by atoms with Gasteiger partial charge in [-0.1, -0.05) is 43.3 Å². The Morgan fingerprint density at radius 2 is 1.78 bits per heavy atom. The number of carbonyl (C=O) groups is 1. The zero-order valence-corrected chi connectivity index (χ0v) is 13.0. The van der Waals surface area contributed by atoms with Gasteiger partial charge in [0, 0.05) is 17.9 Å². The molecule has 0 atom stereocenters. The quantitative estimate of drug-likeness (QED) is 0.547. The summed E-state index contributed by atoms with van der Waals surface area (Å²) in [5.74, 6) is 0.433. The molecule has 0 amide bonds. The predicted molar refractivity (Wildman–Crippen MR) is 90.2 cm³/mol.